The van der Waals surface area contributed by atoms with Crippen molar-refractivity contribution >= 4 is 40.3 Å². The molecule has 0 aliphatic heterocycles. The minimum Gasteiger partial charge on any atom is -0.398 e. The van der Waals surface area contributed by atoms with Crippen LogP contribution in [0.2, 0.25) is 0 Å². The van der Waals surface area contributed by atoms with Gasteiger partial charge in [0.1, 0.15) is 6.29 Å². The molecule has 0 unspecified atom stereocenters. The van der Waals surface area contributed by atoms with Gasteiger partial charge in [-0.2, -0.15) is 11.3 Å². The van der Waals surface area contributed by atoms with E-state index < -0.39 is 0 Å². The Hall–Kier alpha value is -1.33. The SMILES string of the molecule is CC=O.CCc1sccc1N.Nc1ccsc1. The molecule has 0 spiro atoms. The molecule has 0 atom stereocenters. The Bertz CT molecular complexity index is 396. The second-order valence-electron chi connectivity index (χ2n) is 2.95. The minimum atomic E-state index is 0.750. The van der Waals surface area contributed by atoms with E-state index in [-0.39, 0.29) is 0 Å². The lowest BCUT2D eigenvalue weighted by atomic mass is 10.3. The van der Waals surface area contributed by atoms with E-state index in [0.29, 0.717) is 0 Å². The summed E-state index contributed by atoms with van der Waals surface area (Å²) in [6, 6.07) is 3.83. The minimum absolute atomic E-state index is 0.750. The van der Waals surface area contributed by atoms with Crippen molar-refractivity contribution in [2.75, 3.05) is 11.5 Å². The molecular weight excluding hydrogens is 252 g/mol. The van der Waals surface area contributed by atoms with Crippen LogP contribution in [0.3, 0.4) is 0 Å². The van der Waals surface area contributed by atoms with E-state index in [1.807, 2.05) is 28.3 Å². The Labute approximate surface area is 110 Å². The van der Waals surface area contributed by atoms with Crippen molar-refractivity contribution in [3.63, 3.8) is 0 Å². The molecule has 0 bridgehead atoms. The normalized spacial score (nSPS) is 8.35. The highest BCUT2D eigenvalue weighted by molar-refractivity contribution is 7.10. The van der Waals surface area contributed by atoms with Gasteiger partial charge in [0.25, 0.3) is 0 Å². The third-order valence-corrected chi connectivity index (χ3v) is 3.43. The molecule has 0 aliphatic carbocycles. The van der Waals surface area contributed by atoms with Crippen molar-refractivity contribution in [1.29, 1.82) is 0 Å². The van der Waals surface area contributed by atoms with Gasteiger partial charge < -0.3 is 16.3 Å². The van der Waals surface area contributed by atoms with Gasteiger partial charge in [-0.3, -0.25) is 0 Å². The number of hydrogen-bond donors (Lipinski definition) is 2. The van der Waals surface area contributed by atoms with Crippen molar-refractivity contribution in [1.82, 2.24) is 0 Å². The molecule has 3 nitrogen and oxygen atoms in total. The molecule has 0 amide bonds. The predicted octanol–water partition coefficient (Wildman–Crippen LogP) is 3.43. The average Bonchev–Trinajstić information content (AvgIpc) is 2.91. The lowest BCUT2D eigenvalue weighted by molar-refractivity contribution is -0.106. The quantitative estimate of drug-likeness (QED) is 0.780. The Balaban J connectivity index is 0.000000252. The summed E-state index contributed by atoms with van der Waals surface area (Å²) < 4.78 is 0. The summed E-state index contributed by atoms with van der Waals surface area (Å²) in [5.41, 5.74) is 12.7. The van der Waals surface area contributed by atoms with Gasteiger partial charge in [0.05, 0.1) is 0 Å². The highest BCUT2D eigenvalue weighted by Crippen LogP contribution is 2.18. The molecule has 17 heavy (non-hydrogen) atoms. The van der Waals surface area contributed by atoms with Crippen LogP contribution in [0, 0.1) is 0 Å². The first-order valence-electron chi connectivity index (χ1n) is 5.14. The fraction of sp³-hybridized carbons (Fsp3) is 0.250. The Kier molecular flexibility index (Phi) is 9.09. The van der Waals surface area contributed by atoms with Gasteiger partial charge in [-0.1, -0.05) is 6.92 Å². The van der Waals surface area contributed by atoms with Crippen LogP contribution in [0.4, 0.5) is 11.4 Å². The van der Waals surface area contributed by atoms with E-state index in [9.17, 15) is 0 Å². The number of anilines is 2. The molecule has 94 valence electrons. The topological polar surface area (TPSA) is 69.1 Å². The van der Waals surface area contributed by atoms with Gasteiger partial charge >= 0.3 is 0 Å². The maximum absolute atomic E-state index is 8.81. The first-order valence-corrected chi connectivity index (χ1v) is 6.97. The molecule has 4 N–H and O–H groups in total. The van der Waals surface area contributed by atoms with Crippen molar-refractivity contribution in [3.8, 4) is 0 Å². The zero-order valence-electron chi connectivity index (χ0n) is 10.1. The number of nitrogen functional groups attached to an aromatic ring is 2. The Morgan fingerprint density at radius 2 is 1.94 bits per heavy atom. The number of aldehydes is 1. The number of hydrogen-bond acceptors (Lipinski definition) is 5. The van der Waals surface area contributed by atoms with E-state index in [0.717, 1.165) is 24.1 Å². The van der Waals surface area contributed by atoms with E-state index >= 15 is 0 Å². The van der Waals surface area contributed by atoms with Crippen LogP contribution in [0.1, 0.15) is 18.7 Å². The van der Waals surface area contributed by atoms with Crippen LogP contribution < -0.4 is 11.5 Å². The third kappa shape index (κ3) is 7.54. The molecule has 0 aromatic carbocycles. The summed E-state index contributed by atoms with van der Waals surface area (Å²) in [6.07, 6.45) is 1.81. The summed E-state index contributed by atoms with van der Waals surface area (Å²) in [5.74, 6) is 0. The van der Waals surface area contributed by atoms with Crippen LogP contribution in [-0.4, -0.2) is 6.29 Å². The maximum Gasteiger partial charge on any atom is 0.116 e. The van der Waals surface area contributed by atoms with Gasteiger partial charge in [0, 0.05) is 21.6 Å². The highest BCUT2D eigenvalue weighted by atomic mass is 32.1. The average molecular weight is 270 g/mol. The fourth-order valence-electron chi connectivity index (χ4n) is 0.913. The fourth-order valence-corrected chi connectivity index (χ4v) is 2.21. The predicted molar refractivity (Wildman–Crippen MR) is 78.6 cm³/mol. The number of carbonyl (C=O) groups excluding carboxylic acids is 1. The highest BCUT2D eigenvalue weighted by Gasteiger charge is 1.93. The number of rotatable bonds is 1. The third-order valence-electron chi connectivity index (χ3n) is 1.64. The summed E-state index contributed by atoms with van der Waals surface area (Å²) in [4.78, 5) is 10.1. The maximum atomic E-state index is 8.81. The molecule has 0 saturated carbocycles. The first kappa shape index (κ1) is 15.7. The molecule has 0 radical (unpaired) electrons. The molecule has 2 aromatic rings. The number of nitrogens with two attached hydrogens (primary N) is 2. The van der Waals surface area contributed by atoms with E-state index in [1.54, 1.807) is 22.7 Å². The second-order valence-corrected chi connectivity index (χ2v) is 4.73. The van der Waals surface area contributed by atoms with Crippen LogP contribution >= 0.6 is 22.7 Å². The summed E-state index contributed by atoms with van der Waals surface area (Å²) >= 11 is 3.34. The number of carbonyl (C=O) groups is 1. The molecule has 2 rings (SSSR count). The second kappa shape index (κ2) is 9.86. The summed E-state index contributed by atoms with van der Waals surface area (Å²) in [6.45, 7) is 3.56. The van der Waals surface area contributed by atoms with Crippen LogP contribution in [0.15, 0.2) is 28.3 Å². The molecule has 5 heteroatoms. The van der Waals surface area contributed by atoms with Crippen molar-refractivity contribution in [2.45, 2.75) is 20.3 Å². The monoisotopic (exact) mass is 270 g/mol. The molecule has 0 aliphatic rings. The van der Waals surface area contributed by atoms with Crippen molar-refractivity contribution < 1.29 is 4.79 Å². The van der Waals surface area contributed by atoms with Crippen LogP contribution in [-0.2, 0) is 11.2 Å². The van der Waals surface area contributed by atoms with Crippen LogP contribution in [0.25, 0.3) is 0 Å². The van der Waals surface area contributed by atoms with Crippen LogP contribution in [0.5, 0.6) is 0 Å². The Morgan fingerprint density at radius 3 is 2.12 bits per heavy atom. The summed E-state index contributed by atoms with van der Waals surface area (Å²) in [7, 11) is 0. The zero-order valence-corrected chi connectivity index (χ0v) is 11.7. The largest absolute Gasteiger partial charge is 0.398 e. The van der Waals surface area contributed by atoms with Gasteiger partial charge in [0.2, 0.25) is 0 Å². The molecule has 2 heterocycles. The molecule has 0 fully saturated rings. The standard InChI is InChI=1S/C6H9NS.C4H5NS.C2H4O/c1-2-6-5(7)3-4-8-6;5-4-1-2-6-3-4;1-2-3/h3-4H,2,7H2,1H3;1-3H,5H2;2H,1H3. The Morgan fingerprint density at radius 1 is 1.29 bits per heavy atom. The van der Waals surface area contributed by atoms with Gasteiger partial charge in [-0.25, -0.2) is 0 Å². The molecular formula is C12H18N2OS2. The lowest BCUT2D eigenvalue weighted by Gasteiger charge is -1.88. The van der Waals surface area contributed by atoms with Crippen molar-refractivity contribution in [2.24, 2.45) is 0 Å². The summed E-state index contributed by atoms with van der Waals surface area (Å²) in [5, 5.41) is 5.88. The number of thiophene rings is 2. The van der Waals surface area contributed by atoms with Crippen molar-refractivity contribution in [3.05, 3.63) is 33.2 Å². The number of aryl methyl sites for hydroxylation is 1. The smallest absolute Gasteiger partial charge is 0.116 e. The van der Waals surface area contributed by atoms with Gasteiger partial charge in [0.15, 0.2) is 0 Å². The molecule has 2 aromatic heterocycles. The lowest BCUT2D eigenvalue weighted by Crippen LogP contribution is -1.84. The first-order chi connectivity index (χ1) is 8.15. The van der Waals surface area contributed by atoms with Gasteiger partial charge in [-0.05, 0) is 36.2 Å². The van der Waals surface area contributed by atoms with E-state index in [4.69, 9.17) is 16.3 Å². The zero-order chi connectivity index (χ0) is 13.1. The van der Waals surface area contributed by atoms with Gasteiger partial charge in [-0.15, -0.1) is 11.3 Å². The van der Waals surface area contributed by atoms with E-state index in [2.05, 4.69) is 6.92 Å². The van der Waals surface area contributed by atoms with E-state index in [1.165, 1.54) is 11.8 Å². The molecule has 0 saturated heterocycles.